The zero-order chi connectivity index (χ0) is 47.3. The van der Waals surface area contributed by atoms with Crippen LogP contribution in [0.5, 0.6) is 23.0 Å². The Bertz CT molecular complexity index is 1790. The fourth-order valence-corrected chi connectivity index (χ4v) is 7.03. The minimum Gasteiger partial charge on any atom is -0.494 e. The highest BCUT2D eigenvalue weighted by molar-refractivity contribution is 5.91. The van der Waals surface area contributed by atoms with E-state index in [4.69, 9.17) is 28.4 Å². The van der Waals surface area contributed by atoms with Crippen LogP contribution in [0.15, 0.2) is 107 Å². The number of unbranched alkanes of at least 4 members (excludes halogenated alkanes) is 16. The highest BCUT2D eigenvalue weighted by Gasteiger charge is 2.12. The number of carbonyl (C=O) groups excluding carboxylic acids is 2. The standard InChI is InChI=1S/C57H78N2O8/c1-3-5-39-62-54-35-27-50(28-36-54)58-46-48-23-31-52(32-24-48)64-41-19-15-11-7-9-13-17-21-43-66-56(60)45-57(61)67-44-22-18-14-10-8-12-16-20-42-65-53-33-25-49(26-34-53)47-59-51-29-37-55(38-30-51)63-40-6-4-2/h23-38,46-47H,3-22,39-45H2,1-2H3. The summed E-state index contributed by atoms with van der Waals surface area (Å²) in [6.45, 7) is 7.92. The Morgan fingerprint density at radius 3 is 0.940 bits per heavy atom. The molecule has 0 unspecified atom stereocenters. The van der Waals surface area contributed by atoms with Gasteiger partial charge in [-0.2, -0.15) is 0 Å². The molecule has 364 valence electrons. The fraction of sp³-hybridized carbons (Fsp3) is 0.509. The molecule has 0 spiro atoms. The van der Waals surface area contributed by atoms with Gasteiger partial charge >= 0.3 is 11.9 Å². The number of aliphatic imine (C=N–C) groups is 2. The Balaban J connectivity index is 0.859. The number of nitrogens with zero attached hydrogens (tertiary/aromatic N) is 2. The Hall–Kier alpha value is -5.64. The molecule has 10 nitrogen and oxygen atoms in total. The van der Waals surface area contributed by atoms with E-state index < -0.39 is 11.9 Å². The molecule has 0 radical (unpaired) electrons. The van der Waals surface area contributed by atoms with Gasteiger partial charge in [0.1, 0.15) is 29.4 Å². The molecule has 0 heterocycles. The van der Waals surface area contributed by atoms with Crippen molar-refractivity contribution in [2.45, 2.75) is 149 Å². The van der Waals surface area contributed by atoms with Crippen LogP contribution in [0, 0.1) is 0 Å². The van der Waals surface area contributed by atoms with Crippen LogP contribution >= 0.6 is 0 Å². The van der Waals surface area contributed by atoms with Gasteiger partial charge in [0.25, 0.3) is 0 Å². The van der Waals surface area contributed by atoms with Gasteiger partial charge in [-0.3, -0.25) is 19.6 Å². The van der Waals surface area contributed by atoms with E-state index in [-0.39, 0.29) is 6.42 Å². The molecule has 4 rings (SSSR count). The third-order valence-corrected chi connectivity index (χ3v) is 11.1. The number of esters is 2. The Morgan fingerprint density at radius 1 is 0.358 bits per heavy atom. The van der Waals surface area contributed by atoms with E-state index in [1.807, 2.05) is 109 Å². The highest BCUT2D eigenvalue weighted by Crippen LogP contribution is 2.21. The van der Waals surface area contributed by atoms with Gasteiger partial charge < -0.3 is 28.4 Å². The normalized spacial score (nSPS) is 11.3. The van der Waals surface area contributed by atoms with Crippen LogP contribution in [0.1, 0.15) is 160 Å². The average molecular weight is 919 g/mol. The van der Waals surface area contributed by atoms with Crippen molar-refractivity contribution in [1.29, 1.82) is 0 Å². The van der Waals surface area contributed by atoms with Crippen LogP contribution in [0.4, 0.5) is 11.4 Å². The van der Waals surface area contributed by atoms with E-state index in [9.17, 15) is 9.59 Å². The maximum atomic E-state index is 12.1. The number of benzene rings is 4. The van der Waals surface area contributed by atoms with Crippen LogP contribution < -0.4 is 18.9 Å². The van der Waals surface area contributed by atoms with Crippen molar-refractivity contribution in [3.8, 4) is 23.0 Å². The summed E-state index contributed by atoms with van der Waals surface area (Å²) >= 11 is 0. The van der Waals surface area contributed by atoms with Gasteiger partial charge in [0.05, 0.1) is 51.0 Å². The first-order valence-corrected chi connectivity index (χ1v) is 25.3. The van der Waals surface area contributed by atoms with Crippen LogP contribution in [0.2, 0.25) is 0 Å². The van der Waals surface area contributed by atoms with Crippen molar-refractivity contribution in [2.24, 2.45) is 9.98 Å². The summed E-state index contributed by atoms with van der Waals surface area (Å²) in [6.07, 6.45) is 25.0. The maximum absolute atomic E-state index is 12.1. The summed E-state index contributed by atoms with van der Waals surface area (Å²) in [4.78, 5) is 33.3. The van der Waals surface area contributed by atoms with Crippen LogP contribution in [-0.4, -0.2) is 64.0 Å². The second kappa shape index (κ2) is 35.5. The second-order valence-electron chi connectivity index (χ2n) is 17.0. The monoisotopic (exact) mass is 919 g/mol. The first-order valence-electron chi connectivity index (χ1n) is 25.3. The molecule has 0 aliphatic rings. The quantitative estimate of drug-likeness (QED) is 0.0189. The number of hydrogen-bond donors (Lipinski definition) is 0. The summed E-state index contributed by atoms with van der Waals surface area (Å²) in [5.41, 5.74) is 3.83. The lowest BCUT2D eigenvalue weighted by Crippen LogP contribution is -2.15. The van der Waals surface area contributed by atoms with Crippen molar-refractivity contribution in [2.75, 3.05) is 39.6 Å². The number of hydrogen-bond acceptors (Lipinski definition) is 10. The predicted octanol–water partition coefficient (Wildman–Crippen LogP) is 14.7. The van der Waals surface area contributed by atoms with Gasteiger partial charge in [0.15, 0.2) is 0 Å². The third kappa shape index (κ3) is 26.3. The second-order valence-corrected chi connectivity index (χ2v) is 17.0. The van der Waals surface area contributed by atoms with Crippen LogP contribution in [0.25, 0.3) is 0 Å². The molecule has 0 N–H and O–H groups in total. The highest BCUT2D eigenvalue weighted by atomic mass is 16.6. The lowest BCUT2D eigenvalue weighted by molar-refractivity contribution is -0.154. The first-order chi connectivity index (χ1) is 33.0. The molecule has 4 aromatic rings. The molecule has 0 aliphatic carbocycles. The topological polar surface area (TPSA) is 114 Å². The average Bonchev–Trinajstić information content (AvgIpc) is 3.35. The molecule has 4 aromatic carbocycles. The lowest BCUT2D eigenvalue weighted by atomic mass is 10.1. The van der Waals surface area contributed by atoms with E-state index >= 15 is 0 Å². The fourth-order valence-electron chi connectivity index (χ4n) is 7.03. The van der Waals surface area contributed by atoms with Crippen molar-refractivity contribution in [3.05, 3.63) is 108 Å². The lowest BCUT2D eigenvalue weighted by Gasteiger charge is -2.07. The Labute approximate surface area is 401 Å². The Kier molecular flexibility index (Phi) is 28.6. The van der Waals surface area contributed by atoms with Crippen molar-refractivity contribution < 1.29 is 38.0 Å². The molecule has 0 fully saturated rings. The zero-order valence-electron chi connectivity index (χ0n) is 40.6. The summed E-state index contributed by atoms with van der Waals surface area (Å²) in [5.74, 6) is 2.50. The summed E-state index contributed by atoms with van der Waals surface area (Å²) in [7, 11) is 0. The largest absolute Gasteiger partial charge is 0.494 e. The molecule has 0 atom stereocenters. The SMILES string of the molecule is CCCCOc1ccc(N=Cc2ccc(OCCCCCCCCCCOC(=O)CC(=O)OCCCCCCCCCCOc3ccc(C=Nc4ccc(OCCCC)cc4)cc3)cc2)cc1. The minimum absolute atomic E-state index is 0.315. The van der Waals surface area contributed by atoms with Crippen molar-refractivity contribution >= 4 is 35.7 Å². The van der Waals surface area contributed by atoms with Gasteiger partial charge in [-0.15, -0.1) is 0 Å². The molecule has 0 bridgehead atoms. The summed E-state index contributed by atoms with van der Waals surface area (Å²) < 4.78 is 33.8. The smallest absolute Gasteiger partial charge is 0.317 e. The number of ether oxygens (including phenoxy) is 6. The van der Waals surface area contributed by atoms with E-state index in [0.29, 0.717) is 26.4 Å². The molecular weight excluding hydrogens is 841 g/mol. The maximum Gasteiger partial charge on any atom is 0.317 e. The molecule has 0 amide bonds. The molecule has 0 aromatic heterocycles. The van der Waals surface area contributed by atoms with Gasteiger partial charge in [0.2, 0.25) is 0 Å². The van der Waals surface area contributed by atoms with E-state index in [2.05, 4.69) is 23.8 Å². The molecule has 10 heteroatoms. The Morgan fingerprint density at radius 2 is 0.627 bits per heavy atom. The number of rotatable bonds is 38. The first kappa shape index (κ1) is 54.0. The predicted molar refractivity (Wildman–Crippen MR) is 272 cm³/mol. The molecular formula is C57H78N2O8. The van der Waals surface area contributed by atoms with E-state index in [1.54, 1.807) is 0 Å². The molecule has 67 heavy (non-hydrogen) atoms. The zero-order valence-corrected chi connectivity index (χ0v) is 40.6. The molecule has 0 saturated carbocycles. The summed E-state index contributed by atoms with van der Waals surface area (Å²) in [5, 5.41) is 0. The number of carbonyl (C=O) groups is 2. The van der Waals surface area contributed by atoms with Crippen LogP contribution in [0.3, 0.4) is 0 Å². The van der Waals surface area contributed by atoms with Gasteiger partial charge in [-0.05, 0) is 147 Å². The van der Waals surface area contributed by atoms with Gasteiger partial charge in [-0.25, -0.2) is 0 Å². The minimum atomic E-state index is -0.501. The van der Waals surface area contributed by atoms with Crippen molar-refractivity contribution in [3.63, 3.8) is 0 Å². The van der Waals surface area contributed by atoms with Gasteiger partial charge in [0, 0.05) is 12.4 Å². The van der Waals surface area contributed by atoms with E-state index in [0.717, 1.165) is 161 Å². The summed E-state index contributed by atoms with van der Waals surface area (Å²) in [6, 6.07) is 31.8. The molecule has 0 saturated heterocycles. The van der Waals surface area contributed by atoms with Gasteiger partial charge in [-0.1, -0.05) is 104 Å². The van der Waals surface area contributed by atoms with Crippen LogP contribution in [-0.2, 0) is 19.1 Å². The third-order valence-electron chi connectivity index (χ3n) is 11.1. The van der Waals surface area contributed by atoms with E-state index in [1.165, 1.54) is 25.7 Å². The molecule has 0 aliphatic heterocycles. The van der Waals surface area contributed by atoms with Crippen molar-refractivity contribution in [1.82, 2.24) is 0 Å².